The van der Waals surface area contributed by atoms with E-state index in [0.29, 0.717) is 16.1 Å². The summed E-state index contributed by atoms with van der Waals surface area (Å²) in [5, 5.41) is 0.450. The maximum Gasteiger partial charge on any atom is 0.310 e. The maximum atomic E-state index is 11.8. The van der Waals surface area contributed by atoms with Crippen molar-refractivity contribution < 1.29 is 19.1 Å². The molecular formula is C17H14BrClN2O4. The zero-order valence-corrected chi connectivity index (χ0v) is 15.3. The van der Waals surface area contributed by atoms with Gasteiger partial charge in [0.1, 0.15) is 0 Å². The molecule has 130 valence electrons. The van der Waals surface area contributed by atoms with Gasteiger partial charge in [0.15, 0.2) is 6.61 Å². The number of nitrogens with one attached hydrogen (secondary N) is 2. The van der Waals surface area contributed by atoms with Gasteiger partial charge in [-0.1, -0.05) is 45.7 Å². The molecule has 0 radical (unpaired) electrons. The van der Waals surface area contributed by atoms with E-state index in [1.807, 2.05) is 0 Å². The predicted molar refractivity (Wildman–Crippen MR) is 95.9 cm³/mol. The van der Waals surface area contributed by atoms with Crippen LogP contribution in [-0.4, -0.2) is 24.4 Å². The number of esters is 1. The van der Waals surface area contributed by atoms with Crippen LogP contribution in [0.3, 0.4) is 0 Å². The summed E-state index contributed by atoms with van der Waals surface area (Å²) in [6.45, 7) is -0.510. The molecular weight excluding hydrogens is 412 g/mol. The Labute approximate surface area is 157 Å². The number of amides is 2. The van der Waals surface area contributed by atoms with Crippen molar-refractivity contribution in [3.8, 4) is 0 Å². The smallest absolute Gasteiger partial charge is 0.310 e. The third-order valence-corrected chi connectivity index (χ3v) is 3.98. The van der Waals surface area contributed by atoms with Crippen molar-refractivity contribution in [2.45, 2.75) is 6.42 Å². The number of ether oxygens (including phenoxy) is 1. The van der Waals surface area contributed by atoms with E-state index in [4.69, 9.17) is 16.3 Å². The normalized spacial score (nSPS) is 10.0. The second-order valence-electron chi connectivity index (χ2n) is 4.94. The first-order valence-electron chi connectivity index (χ1n) is 7.19. The minimum Gasteiger partial charge on any atom is -0.455 e. The summed E-state index contributed by atoms with van der Waals surface area (Å²) in [4.78, 5) is 35.1. The monoisotopic (exact) mass is 424 g/mol. The standard InChI is InChI=1S/C17H14BrClN2O4/c18-13-7-5-11(6-8-13)17(24)21-20-15(22)10-25-16(23)9-12-3-1-2-4-14(12)19/h1-8H,9-10H2,(H,20,22)(H,21,24). The van der Waals surface area contributed by atoms with Crippen LogP contribution >= 0.6 is 27.5 Å². The second-order valence-corrected chi connectivity index (χ2v) is 6.26. The molecule has 2 aromatic rings. The van der Waals surface area contributed by atoms with Gasteiger partial charge in [0.25, 0.3) is 11.8 Å². The fourth-order valence-corrected chi connectivity index (χ4v) is 2.30. The number of carbonyl (C=O) groups excluding carboxylic acids is 3. The number of rotatable bonds is 5. The van der Waals surface area contributed by atoms with Crippen molar-refractivity contribution in [3.05, 3.63) is 69.2 Å². The summed E-state index contributed by atoms with van der Waals surface area (Å²) in [5.74, 6) is -1.73. The first-order chi connectivity index (χ1) is 12.0. The van der Waals surface area contributed by atoms with Crippen LogP contribution in [-0.2, 0) is 20.7 Å². The van der Waals surface area contributed by atoms with E-state index >= 15 is 0 Å². The fourth-order valence-electron chi connectivity index (χ4n) is 1.83. The van der Waals surface area contributed by atoms with Crippen LogP contribution in [0.4, 0.5) is 0 Å². The lowest BCUT2D eigenvalue weighted by atomic mass is 10.1. The van der Waals surface area contributed by atoms with Crippen molar-refractivity contribution in [2.75, 3.05) is 6.61 Å². The zero-order valence-electron chi connectivity index (χ0n) is 12.9. The highest BCUT2D eigenvalue weighted by molar-refractivity contribution is 9.10. The van der Waals surface area contributed by atoms with Crippen molar-refractivity contribution in [1.82, 2.24) is 10.9 Å². The fraction of sp³-hybridized carbons (Fsp3) is 0.118. The van der Waals surface area contributed by atoms with Crippen molar-refractivity contribution >= 4 is 45.3 Å². The SMILES string of the molecule is O=C(COC(=O)Cc1ccccc1Cl)NNC(=O)c1ccc(Br)cc1. The van der Waals surface area contributed by atoms with Crippen LogP contribution in [0.1, 0.15) is 15.9 Å². The molecule has 0 atom stereocenters. The number of hydrogen-bond donors (Lipinski definition) is 2. The zero-order chi connectivity index (χ0) is 18.2. The molecule has 0 saturated carbocycles. The van der Waals surface area contributed by atoms with Crippen LogP contribution in [0.2, 0.25) is 5.02 Å². The summed E-state index contributed by atoms with van der Waals surface area (Å²) in [7, 11) is 0. The molecule has 0 aromatic heterocycles. The van der Waals surface area contributed by atoms with Crippen LogP contribution in [0, 0.1) is 0 Å². The first kappa shape index (κ1) is 19.0. The van der Waals surface area contributed by atoms with Gasteiger partial charge in [-0.05, 0) is 35.9 Å². The molecule has 0 unspecified atom stereocenters. The van der Waals surface area contributed by atoms with Gasteiger partial charge >= 0.3 is 5.97 Å². The van der Waals surface area contributed by atoms with Crippen molar-refractivity contribution in [2.24, 2.45) is 0 Å². The van der Waals surface area contributed by atoms with Gasteiger partial charge in [-0.25, -0.2) is 0 Å². The number of benzene rings is 2. The summed E-state index contributed by atoms with van der Waals surface area (Å²) in [6.07, 6.45) is -0.0434. The van der Waals surface area contributed by atoms with Gasteiger partial charge in [0, 0.05) is 15.1 Å². The summed E-state index contributed by atoms with van der Waals surface area (Å²) < 4.78 is 5.68. The third kappa shape index (κ3) is 6.21. The molecule has 0 heterocycles. The molecule has 8 heteroatoms. The number of carbonyl (C=O) groups is 3. The van der Waals surface area contributed by atoms with Crippen molar-refractivity contribution in [1.29, 1.82) is 0 Å². The van der Waals surface area contributed by atoms with Crippen molar-refractivity contribution in [3.63, 3.8) is 0 Å². The quantitative estimate of drug-likeness (QED) is 0.570. The Morgan fingerprint density at radius 1 is 1.00 bits per heavy atom. The largest absolute Gasteiger partial charge is 0.455 e. The van der Waals surface area contributed by atoms with Crippen LogP contribution < -0.4 is 10.9 Å². The Hall–Kier alpha value is -2.38. The molecule has 0 aliphatic heterocycles. The molecule has 0 aliphatic rings. The van der Waals surface area contributed by atoms with Crippen LogP contribution in [0.5, 0.6) is 0 Å². The third-order valence-electron chi connectivity index (χ3n) is 3.08. The van der Waals surface area contributed by atoms with E-state index in [9.17, 15) is 14.4 Å². The molecule has 2 aromatic carbocycles. The highest BCUT2D eigenvalue weighted by Crippen LogP contribution is 2.15. The second kappa shape index (κ2) is 9.19. The summed E-state index contributed by atoms with van der Waals surface area (Å²) in [5.41, 5.74) is 5.39. The summed E-state index contributed by atoms with van der Waals surface area (Å²) >= 11 is 9.21. The van der Waals surface area contributed by atoms with E-state index in [0.717, 1.165) is 4.47 Å². The van der Waals surface area contributed by atoms with Crippen LogP contribution in [0.25, 0.3) is 0 Å². The van der Waals surface area contributed by atoms with E-state index in [2.05, 4.69) is 26.8 Å². The van der Waals surface area contributed by atoms with E-state index in [1.165, 1.54) is 0 Å². The molecule has 2 N–H and O–H groups in total. The Morgan fingerprint density at radius 2 is 1.68 bits per heavy atom. The Morgan fingerprint density at radius 3 is 2.36 bits per heavy atom. The lowest BCUT2D eigenvalue weighted by molar-refractivity contribution is -0.148. The summed E-state index contributed by atoms with van der Waals surface area (Å²) in [6, 6.07) is 13.4. The average molecular weight is 426 g/mol. The number of hydrazine groups is 1. The van der Waals surface area contributed by atoms with Gasteiger partial charge < -0.3 is 4.74 Å². The topological polar surface area (TPSA) is 84.5 Å². The average Bonchev–Trinajstić information content (AvgIpc) is 2.60. The molecule has 2 rings (SSSR count). The Kier molecular flexibility index (Phi) is 6.97. The minimum absolute atomic E-state index is 0.0434. The Bertz CT molecular complexity index is 780. The predicted octanol–water partition coefficient (Wildman–Crippen LogP) is 2.65. The molecule has 0 saturated heterocycles. The molecule has 0 spiro atoms. The highest BCUT2D eigenvalue weighted by atomic mass is 79.9. The molecule has 2 amide bonds. The van der Waals surface area contributed by atoms with Gasteiger partial charge in [-0.15, -0.1) is 0 Å². The highest BCUT2D eigenvalue weighted by Gasteiger charge is 2.11. The minimum atomic E-state index is -0.655. The van der Waals surface area contributed by atoms with E-state index in [1.54, 1.807) is 48.5 Å². The van der Waals surface area contributed by atoms with Gasteiger partial charge in [0.05, 0.1) is 6.42 Å². The van der Waals surface area contributed by atoms with E-state index < -0.39 is 24.4 Å². The van der Waals surface area contributed by atoms with E-state index in [-0.39, 0.29) is 6.42 Å². The van der Waals surface area contributed by atoms with Gasteiger partial charge in [-0.3, -0.25) is 25.2 Å². The molecule has 25 heavy (non-hydrogen) atoms. The lowest BCUT2D eigenvalue weighted by Gasteiger charge is -2.08. The molecule has 0 bridgehead atoms. The van der Waals surface area contributed by atoms with Gasteiger partial charge in [-0.2, -0.15) is 0 Å². The first-order valence-corrected chi connectivity index (χ1v) is 8.36. The van der Waals surface area contributed by atoms with Crippen LogP contribution in [0.15, 0.2) is 53.0 Å². The number of hydrogen-bond acceptors (Lipinski definition) is 4. The molecule has 0 aliphatic carbocycles. The molecule has 6 nitrogen and oxygen atoms in total. The number of halogens is 2. The Balaban J connectivity index is 1.73. The van der Waals surface area contributed by atoms with Gasteiger partial charge in [0.2, 0.25) is 0 Å². The molecule has 0 fully saturated rings. The maximum absolute atomic E-state index is 11.8. The lowest BCUT2D eigenvalue weighted by Crippen LogP contribution is -2.43.